The minimum Gasteiger partial charge on any atom is -0.380 e. The minimum atomic E-state index is -0.0772. The van der Waals surface area contributed by atoms with Crippen LogP contribution in [0, 0.1) is 0 Å². The number of urea groups is 1. The predicted molar refractivity (Wildman–Crippen MR) is 86.9 cm³/mol. The molecule has 0 bridgehead atoms. The molecule has 1 unspecified atom stereocenters. The fourth-order valence-electron chi connectivity index (χ4n) is 2.85. The summed E-state index contributed by atoms with van der Waals surface area (Å²) in [5.41, 5.74) is 3.11. The number of hydrogen-bond acceptors (Lipinski definition) is 2. The van der Waals surface area contributed by atoms with Gasteiger partial charge in [0.1, 0.15) is 0 Å². The third kappa shape index (κ3) is 2.83. The zero-order valence-corrected chi connectivity index (χ0v) is 12.7. The topological polar surface area (TPSA) is 41.6 Å². The Hall–Kier alpha value is -2.33. The Kier molecular flexibility index (Phi) is 4.39. The number of ether oxygens (including phenoxy) is 1. The third-order valence-corrected chi connectivity index (χ3v) is 3.87. The van der Waals surface area contributed by atoms with E-state index in [9.17, 15) is 4.79 Å². The van der Waals surface area contributed by atoms with Gasteiger partial charge in [-0.25, -0.2) is 4.79 Å². The van der Waals surface area contributed by atoms with Crippen LogP contribution >= 0.6 is 0 Å². The molecular weight excluding hydrogens is 276 g/mol. The first kappa shape index (κ1) is 14.6. The molecule has 1 N–H and O–H groups in total. The number of hydrogen-bond donors (Lipinski definition) is 1. The highest BCUT2D eigenvalue weighted by atomic mass is 16.5. The average molecular weight is 296 g/mol. The number of carbonyl (C=O) groups is 1. The van der Waals surface area contributed by atoms with E-state index in [0.717, 1.165) is 16.8 Å². The summed E-state index contributed by atoms with van der Waals surface area (Å²) in [7, 11) is 0. The normalized spacial score (nSPS) is 17.0. The molecule has 4 nitrogen and oxygen atoms in total. The highest BCUT2D eigenvalue weighted by Crippen LogP contribution is 2.37. The van der Waals surface area contributed by atoms with Crippen molar-refractivity contribution in [1.29, 1.82) is 0 Å². The second-order valence-electron chi connectivity index (χ2n) is 5.22. The van der Waals surface area contributed by atoms with E-state index in [-0.39, 0.29) is 12.1 Å². The van der Waals surface area contributed by atoms with Gasteiger partial charge >= 0.3 is 6.03 Å². The summed E-state index contributed by atoms with van der Waals surface area (Å²) < 4.78 is 5.44. The van der Waals surface area contributed by atoms with Crippen LogP contribution in [-0.4, -0.2) is 30.7 Å². The Balaban J connectivity index is 1.99. The maximum absolute atomic E-state index is 12.5. The Morgan fingerprint density at radius 2 is 1.82 bits per heavy atom. The standard InChI is InChI=1S/C18H20N2O2/c1-2-22-13-12-20-17(14-8-4-3-5-9-14)15-10-6-7-11-16(15)19-18(20)21/h3-11,17H,2,12-13H2,1H3,(H,19,21). The molecule has 0 fully saturated rings. The molecule has 1 heterocycles. The van der Waals surface area contributed by atoms with Crippen molar-refractivity contribution in [3.63, 3.8) is 0 Å². The van der Waals surface area contributed by atoms with Crippen molar-refractivity contribution >= 4 is 11.7 Å². The van der Waals surface area contributed by atoms with Crippen LogP contribution in [0.1, 0.15) is 24.1 Å². The number of benzene rings is 2. The first-order chi connectivity index (χ1) is 10.8. The summed E-state index contributed by atoms with van der Waals surface area (Å²) in [6, 6.07) is 17.9. The maximum atomic E-state index is 12.5. The number of nitrogens with one attached hydrogen (secondary N) is 1. The summed E-state index contributed by atoms with van der Waals surface area (Å²) in [6.07, 6.45) is 0. The molecule has 0 radical (unpaired) electrons. The SMILES string of the molecule is CCOCCN1C(=O)Nc2ccccc2C1c1ccccc1. The van der Waals surface area contributed by atoms with Gasteiger partial charge < -0.3 is 15.0 Å². The fraction of sp³-hybridized carbons (Fsp3) is 0.278. The van der Waals surface area contributed by atoms with Crippen LogP contribution in [0.25, 0.3) is 0 Å². The van der Waals surface area contributed by atoms with Crippen LogP contribution in [-0.2, 0) is 4.74 Å². The van der Waals surface area contributed by atoms with Gasteiger partial charge in [-0.2, -0.15) is 0 Å². The van der Waals surface area contributed by atoms with Crippen molar-refractivity contribution in [2.75, 3.05) is 25.1 Å². The second-order valence-corrected chi connectivity index (χ2v) is 5.22. The van der Waals surface area contributed by atoms with Gasteiger partial charge in [0.15, 0.2) is 0 Å². The van der Waals surface area contributed by atoms with E-state index in [2.05, 4.69) is 23.5 Å². The van der Waals surface area contributed by atoms with Gasteiger partial charge in [0.05, 0.1) is 12.6 Å². The van der Waals surface area contributed by atoms with Crippen LogP contribution in [0.2, 0.25) is 0 Å². The van der Waals surface area contributed by atoms with Crippen molar-refractivity contribution in [1.82, 2.24) is 4.90 Å². The molecule has 0 aromatic heterocycles. The Morgan fingerprint density at radius 3 is 2.59 bits per heavy atom. The lowest BCUT2D eigenvalue weighted by atomic mass is 9.94. The van der Waals surface area contributed by atoms with Crippen molar-refractivity contribution in [3.05, 3.63) is 65.7 Å². The molecule has 0 saturated heterocycles. The van der Waals surface area contributed by atoms with Crippen LogP contribution in [0.3, 0.4) is 0 Å². The van der Waals surface area contributed by atoms with Gasteiger partial charge in [-0.15, -0.1) is 0 Å². The van der Waals surface area contributed by atoms with Crippen LogP contribution in [0.15, 0.2) is 54.6 Å². The monoisotopic (exact) mass is 296 g/mol. The van der Waals surface area contributed by atoms with E-state index in [1.54, 1.807) is 0 Å². The molecule has 0 saturated carbocycles. The van der Waals surface area contributed by atoms with Gasteiger partial charge in [0.25, 0.3) is 0 Å². The molecule has 4 heteroatoms. The van der Waals surface area contributed by atoms with Crippen LogP contribution < -0.4 is 5.32 Å². The molecule has 114 valence electrons. The third-order valence-electron chi connectivity index (χ3n) is 3.87. The molecule has 22 heavy (non-hydrogen) atoms. The number of carbonyl (C=O) groups excluding carboxylic acids is 1. The number of nitrogens with zero attached hydrogens (tertiary/aromatic N) is 1. The molecule has 0 aliphatic carbocycles. The zero-order valence-electron chi connectivity index (χ0n) is 12.7. The summed E-state index contributed by atoms with van der Waals surface area (Å²) in [6.45, 7) is 3.71. The van der Waals surface area contributed by atoms with E-state index >= 15 is 0 Å². The fourth-order valence-corrected chi connectivity index (χ4v) is 2.85. The summed E-state index contributed by atoms with van der Waals surface area (Å²) in [4.78, 5) is 14.3. The van der Waals surface area contributed by atoms with E-state index in [0.29, 0.717) is 19.8 Å². The summed E-state index contributed by atoms with van der Waals surface area (Å²) in [5.74, 6) is 0. The molecule has 2 amide bonds. The average Bonchev–Trinajstić information content (AvgIpc) is 2.56. The predicted octanol–water partition coefficient (Wildman–Crippen LogP) is 3.66. The van der Waals surface area contributed by atoms with Crippen molar-refractivity contribution < 1.29 is 9.53 Å². The second kappa shape index (κ2) is 6.62. The smallest absolute Gasteiger partial charge is 0.322 e. The number of anilines is 1. The maximum Gasteiger partial charge on any atom is 0.322 e. The van der Waals surface area contributed by atoms with E-state index in [1.807, 2.05) is 48.2 Å². The van der Waals surface area contributed by atoms with Crippen LogP contribution in [0.4, 0.5) is 10.5 Å². The Labute approximate surface area is 130 Å². The summed E-state index contributed by atoms with van der Waals surface area (Å²) in [5, 5.41) is 2.97. The number of rotatable bonds is 5. The molecular formula is C18H20N2O2. The lowest BCUT2D eigenvalue weighted by Crippen LogP contribution is -2.44. The molecule has 2 aromatic rings. The van der Waals surface area contributed by atoms with Gasteiger partial charge in [0, 0.05) is 24.4 Å². The van der Waals surface area contributed by atoms with Gasteiger partial charge in [-0.3, -0.25) is 0 Å². The molecule has 2 aromatic carbocycles. The first-order valence-electron chi connectivity index (χ1n) is 7.60. The zero-order chi connectivity index (χ0) is 15.4. The molecule has 0 spiro atoms. The Bertz CT molecular complexity index is 643. The number of amides is 2. The Morgan fingerprint density at radius 1 is 1.09 bits per heavy atom. The van der Waals surface area contributed by atoms with E-state index in [1.165, 1.54) is 0 Å². The number of fused-ring (bicyclic) bond motifs is 1. The molecule has 3 rings (SSSR count). The van der Waals surface area contributed by atoms with E-state index in [4.69, 9.17) is 4.74 Å². The van der Waals surface area contributed by atoms with Gasteiger partial charge in [-0.05, 0) is 18.6 Å². The quantitative estimate of drug-likeness (QED) is 0.856. The van der Waals surface area contributed by atoms with Crippen molar-refractivity contribution in [2.45, 2.75) is 13.0 Å². The first-order valence-corrected chi connectivity index (χ1v) is 7.60. The van der Waals surface area contributed by atoms with Crippen molar-refractivity contribution in [3.8, 4) is 0 Å². The highest BCUT2D eigenvalue weighted by Gasteiger charge is 2.32. The number of para-hydroxylation sites is 1. The van der Waals surface area contributed by atoms with Crippen LogP contribution in [0.5, 0.6) is 0 Å². The largest absolute Gasteiger partial charge is 0.380 e. The lowest BCUT2D eigenvalue weighted by Gasteiger charge is -2.37. The van der Waals surface area contributed by atoms with Gasteiger partial charge in [0.2, 0.25) is 0 Å². The van der Waals surface area contributed by atoms with Gasteiger partial charge in [-0.1, -0.05) is 48.5 Å². The molecule has 1 aliphatic rings. The summed E-state index contributed by atoms with van der Waals surface area (Å²) >= 11 is 0. The lowest BCUT2D eigenvalue weighted by molar-refractivity contribution is 0.113. The minimum absolute atomic E-state index is 0.0766. The molecule has 1 atom stereocenters. The van der Waals surface area contributed by atoms with Crippen molar-refractivity contribution in [2.24, 2.45) is 0 Å². The highest BCUT2D eigenvalue weighted by molar-refractivity contribution is 5.93. The molecule has 1 aliphatic heterocycles. The van der Waals surface area contributed by atoms with E-state index < -0.39 is 0 Å².